The van der Waals surface area contributed by atoms with Gasteiger partial charge in [-0.3, -0.25) is 9.59 Å². The van der Waals surface area contributed by atoms with Crippen LogP contribution in [0.4, 0.5) is 5.69 Å². The fourth-order valence-corrected chi connectivity index (χ4v) is 1.85. The second kappa shape index (κ2) is 5.71. The number of ketones is 1. The van der Waals surface area contributed by atoms with Crippen molar-refractivity contribution in [3.8, 4) is 0 Å². The molecular weight excluding hydrogens is 264 g/mol. The van der Waals surface area contributed by atoms with Gasteiger partial charge in [-0.05, 0) is 25.1 Å². The molecule has 1 N–H and O–H groups in total. The molecule has 1 amide bonds. The summed E-state index contributed by atoms with van der Waals surface area (Å²) in [6.45, 7) is 1.63. The molecule has 0 unspecified atom stereocenters. The number of hydrogen-bond acceptors (Lipinski definition) is 2. The topological polar surface area (TPSA) is 51.1 Å². The Bertz CT molecular complexity index is 619. The maximum atomic E-state index is 11.8. The second-order valence-electron chi connectivity index (χ2n) is 4.16. The van der Waals surface area contributed by atoms with Gasteiger partial charge < -0.3 is 9.88 Å². The van der Waals surface area contributed by atoms with Crippen molar-refractivity contribution in [3.63, 3.8) is 0 Å². The summed E-state index contributed by atoms with van der Waals surface area (Å²) in [4.78, 5) is 23.0. The number of para-hydroxylation sites is 1. The predicted molar refractivity (Wildman–Crippen MR) is 74.5 cm³/mol. The zero-order chi connectivity index (χ0) is 13.8. The fourth-order valence-electron chi connectivity index (χ4n) is 1.67. The standard InChI is InChI=1S/C14H13ClN2O2/c1-10(18)11-6-7-17(8-11)9-14(19)16-13-5-3-2-4-12(13)15/h2-8H,9H2,1H3,(H,16,19). The van der Waals surface area contributed by atoms with E-state index in [2.05, 4.69) is 5.32 Å². The maximum absolute atomic E-state index is 11.8. The first-order chi connectivity index (χ1) is 9.06. The fraction of sp³-hybridized carbons (Fsp3) is 0.143. The normalized spacial score (nSPS) is 10.2. The number of halogens is 1. The quantitative estimate of drug-likeness (QED) is 0.873. The van der Waals surface area contributed by atoms with E-state index < -0.39 is 0 Å². The summed E-state index contributed by atoms with van der Waals surface area (Å²) in [6.07, 6.45) is 3.34. The minimum atomic E-state index is -0.196. The number of anilines is 1. The van der Waals surface area contributed by atoms with Crippen LogP contribution in [0.25, 0.3) is 0 Å². The van der Waals surface area contributed by atoms with Crippen molar-refractivity contribution >= 4 is 29.0 Å². The van der Waals surface area contributed by atoms with E-state index in [1.165, 1.54) is 6.92 Å². The van der Waals surface area contributed by atoms with Crippen LogP contribution in [0.2, 0.25) is 5.02 Å². The third-order valence-electron chi connectivity index (χ3n) is 2.63. The summed E-state index contributed by atoms with van der Waals surface area (Å²) in [5.74, 6) is -0.218. The minimum Gasteiger partial charge on any atom is -0.344 e. The largest absolute Gasteiger partial charge is 0.344 e. The van der Waals surface area contributed by atoms with Gasteiger partial charge in [-0.15, -0.1) is 0 Å². The van der Waals surface area contributed by atoms with E-state index in [9.17, 15) is 9.59 Å². The highest BCUT2D eigenvalue weighted by Crippen LogP contribution is 2.20. The average Bonchev–Trinajstić information content (AvgIpc) is 2.80. The summed E-state index contributed by atoms with van der Waals surface area (Å²) in [5.41, 5.74) is 1.17. The molecule has 1 heterocycles. The van der Waals surface area contributed by atoms with Gasteiger partial charge in [-0.2, -0.15) is 0 Å². The van der Waals surface area contributed by atoms with Crippen LogP contribution in [0, 0.1) is 0 Å². The summed E-state index contributed by atoms with van der Waals surface area (Å²) in [7, 11) is 0. The van der Waals surface area contributed by atoms with Gasteiger partial charge in [0.05, 0.1) is 10.7 Å². The van der Waals surface area contributed by atoms with E-state index in [0.717, 1.165) is 0 Å². The molecule has 0 aliphatic carbocycles. The summed E-state index contributed by atoms with van der Waals surface area (Å²) in [5, 5.41) is 3.21. The van der Waals surface area contributed by atoms with Gasteiger partial charge in [-0.1, -0.05) is 23.7 Å². The van der Waals surface area contributed by atoms with Gasteiger partial charge in [0.1, 0.15) is 6.54 Å². The SMILES string of the molecule is CC(=O)c1ccn(CC(=O)Nc2ccccc2Cl)c1. The van der Waals surface area contributed by atoms with Gasteiger partial charge in [0.25, 0.3) is 0 Å². The van der Waals surface area contributed by atoms with Crippen molar-refractivity contribution in [3.05, 3.63) is 53.3 Å². The molecule has 0 aliphatic rings. The van der Waals surface area contributed by atoms with E-state index in [0.29, 0.717) is 16.3 Å². The first-order valence-electron chi connectivity index (χ1n) is 5.77. The number of Topliss-reactive ketones (excluding diaryl/α,β-unsaturated/α-hetero) is 1. The predicted octanol–water partition coefficient (Wildman–Crippen LogP) is 2.98. The number of nitrogens with one attached hydrogen (secondary N) is 1. The lowest BCUT2D eigenvalue weighted by Crippen LogP contribution is -2.18. The van der Waals surface area contributed by atoms with Crippen LogP contribution in [-0.4, -0.2) is 16.3 Å². The Hall–Kier alpha value is -2.07. The van der Waals surface area contributed by atoms with E-state index in [-0.39, 0.29) is 18.2 Å². The third-order valence-corrected chi connectivity index (χ3v) is 2.96. The van der Waals surface area contributed by atoms with E-state index in [4.69, 9.17) is 11.6 Å². The average molecular weight is 277 g/mol. The van der Waals surface area contributed by atoms with Crippen molar-refractivity contribution in [1.82, 2.24) is 4.57 Å². The van der Waals surface area contributed by atoms with Crippen molar-refractivity contribution in [1.29, 1.82) is 0 Å². The molecule has 1 aromatic carbocycles. The number of aromatic nitrogens is 1. The molecule has 0 radical (unpaired) electrons. The Balaban J connectivity index is 2.01. The molecule has 19 heavy (non-hydrogen) atoms. The second-order valence-corrected chi connectivity index (χ2v) is 4.56. The third kappa shape index (κ3) is 3.45. The molecular formula is C14H13ClN2O2. The van der Waals surface area contributed by atoms with Crippen LogP contribution in [0.5, 0.6) is 0 Å². The maximum Gasteiger partial charge on any atom is 0.244 e. The summed E-state index contributed by atoms with van der Waals surface area (Å²) < 4.78 is 1.66. The van der Waals surface area contributed by atoms with Gasteiger partial charge in [-0.25, -0.2) is 0 Å². The summed E-state index contributed by atoms with van der Waals surface area (Å²) in [6, 6.07) is 8.72. The van der Waals surface area contributed by atoms with Gasteiger partial charge in [0.15, 0.2) is 5.78 Å². The Kier molecular flexibility index (Phi) is 4.02. The Morgan fingerprint density at radius 3 is 2.63 bits per heavy atom. The Morgan fingerprint density at radius 1 is 1.26 bits per heavy atom. The highest BCUT2D eigenvalue weighted by molar-refractivity contribution is 6.33. The Morgan fingerprint density at radius 2 is 2.00 bits per heavy atom. The lowest BCUT2D eigenvalue weighted by molar-refractivity contribution is -0.116. The van der Waals surface area contributed by atoms with Crippen molar-refractivity contribution in [2.24, 2.45) is 0 Å². The number of hydrogen-bond donors (Lipinski definition) is 1. The van der Waals surface area contributed by atoms with Crippen LogP contribution in [0.1, 0.15) is 17.3 Å². The molecule has 1 aromatic heterocycles. The van der Waals surface area contributed by atoms with Crippen molar-refractivity contribution < 1.29 is 9.59 Å². The van der Waals surface area contributed by atoms with Gasteiger partial charge in [0.2, 0.25) is 5.91 Å². The molecule has 0 spiro atoms. The molecule has 0 fully saturated rings. The number of benzene rings is 1. The van der Waals surface area contributed by atoms with Crippen molar-refractivity contribution in [2.75, 3.05) is 5.32 Å². The van der Waals surface area contributed by atoms with E-state index in [1.807, 2.05) is 0 Å². The van der Waals surface area contributed by atoms with Crippen LogP contribution in [0.3, 0.4) is 0 Å². The molecule has 0 bridgehead atoms. The van der Waals surface area contributed by atoms with Crippen LogP contribution in [-0.2, 0) is 11.3 Å². The number of carbonyl (C=O) groups excluding carboxylic acids is 2. The lowest BCUT2D eigenvalue weighted by Gasteiger charge is -2.07. The molecule has 0 atom stereocenters. The van der Waals surface area contributed by atoms with Gasteiger partial charge in [0, 0.05) is 18.0 Å². The molecule has 4 nitrogen and oxygen atoms in total. The molecule has 5 heteroatoms. The lowest BCUT2D eigenvalue weighted by atomic mass is 10.2. The van der Waals surface area contributed by atoms with Gasteiger partial charge >= 0.3 is 0 Å². The van der Waals surface area contributed by atoms with Crippen molar-refractivity contribution in [2.45, 2.75) is 13.5 Å². The van der Waals surface area contributed by atoms with Crippen LogP contribution >= 0.6 is 11.6 Å². The van der Waals surface area contributed by atoms with E-state index >= 15 is 0 Å². The number of carbonyl (C=O) groups is 2. The number of amides is 1. The highest BCUT2D eigenvalue weighted by atomic mass is 35.5. The smallest absolute Gasteiger partial charge is 0.244 e. The molecule has 2 rings (SSSR count). The van der Waals surface area contributed by atoms with Crippen LogP contribution < -0.4 is 5.32 Å². The minimum absolute atomic E-state index is 0.0229. The molecule has 0 aliphatic heterocycles. The molecule has 0 saturated carbocycles. The zero-order valence-electron chi connectivity index (χ0n) is 10.4. The first kappa shape index (κ1) is 13.4. The molecule has 98 valence electrons. The van der Waals surface area contributed by atoms with E-state index in [1.54, 1.807) is 47.3 Å². The molecule has 2 aromatic rings. The number of nitrogens with zero attached hydrogens (tertiary/aromatic N) is 1. The number of rotatable bonds is 4. The van der Waals surface area contributed by atoms with Crippen LogP contribution in [0.15, 0.2) is 42.7 Å². The Labute approximate surface area is 116 Å². The summed E-state index contributed by atoms with van der Waals surface area (Å²) >= 11 is 5.95. The highest BCUT2D eigenvalue weighted by Gasteiger charge is 2.07. The zero-order valence-corrected chi connectivity index (χ0v) is 11.1. The first-order valence-corrected chi connectivity index (χ1v) is 6.15. The monoisotopic (exact) mass is 276 g/mol. The molecule has 0 saturated heterocycles.